The molecule has 0 saturated heterocycles. The molecular formula is C27H32N2O6. The Morgan fingerprint density at radius 2 is 1.11 bits per heavy atom. The van der Waals surface area contributed by atoms with Crippen molar-refractivity contribution in [1.29, 1.82) is 10.5 Å². The maximum Gasteiger partial charge on any atom is 0.337 e. The molecule has 0 spiro atoms. The Bertz CT molecular complexity index is 1190. The lowest BCUT2D eigenvalue weighted by Gasteiger charge is -2.23. The van der Waals surface area contributed by atoms with E-state index in [2.05, 4.69) is 4.74 Å². The van der Waals surface area contributed by atoms with Crippen LogP contribution in [0.4, 0.5) is 0 Å². The Morgan fingerprint density at radius 3 is 1.40 bits per heavy atom. The Balaban J connectivity index is 0.000000351. The number of carboxylic acids is 1. The van der Waals surface area contributed by atoms with Crippen molar-refractivity contribution in [2.75, 3.05) is 21.3 Å². The van der Waals surface area contributed by atoms with E-state index in [-0.39, 0.29) is 22.0 Å². The predicted molar refractivity (Wildman–Crippen MR) is 131 cm³/mol. The summed E-state index contributed by atoms with van der Waals surface area (Å²) >= 11 is 0. The largest absolute Gasteiger partial charge is 0.495 e. The first-order valence-corrected chi connectivity index (χ1v) is 10.7. The molecule has 0 heterocycles. The molecule has 0 aliphatic heterocycles. The van der Waals surface area contributed by atoms with E-state index in [1.165, 1.54) is 33.5 Å². The summed E-state index contributed by atoms with van der Waals surface area (Å²) in [5, 5.41) is 27.2. The second-order valence-corrected chi connectivity index (χ2v) is 9.73. The molecule has 0 bridgehead atoms. The van der Waals surface area contributed by atoms with Crippen molar-refractivity contribution in [2.24, 2.45) is 0 Å². The topological polar surface area (TPSA) is 130 Å². The van der Waals surface area contributed by atoms with Gasteiger partial charge in [0.05, 0.1) is 43.6 Å². The molecular weight excluding hydrogens is 448 g/mol. The van der Waals surface area contributed by atoms with Gasteiger partial charge in [-0.2, -0.15) is 10.5 Å². The number of esters is 1. The maximum atomic E-state index is 11.6. The van der Waals surface area contributed by atoms with E-state index in [4.69, 9.17) is 25.1 Å². The number of nitriles is 2. The summed E-state index contributed by atoms with van der Waals surface area (Å²) in [5.41, 5.74) is 2.05. The highest BCUT2D eigenvalue weighted by molar-refractivity contribution is 5.91. The van der Waals surface area contributed by atoms with Crippen LogP contribution < -0.4 is 9.47 Å². The SMILES string of the molecule is COC(=O)c1cc(C#N)c(OC)c(C(C)(C)C)c1.COc1c(C#N)cc(C(=O)O)cc1C(C)(C)C. The number of carbonyl (C=O) groups is 2. The van der Waals surface area contributed by atoms with E-state index in [9.17, 15) is 9.59 Å². The van der Waals surface area contributed by atoms with Crippen molar-refractivity contribution in [1.82, 2.24) is 0 Å². The van der Waals surface area contributed by atoms with Crippen LogP contribution in [-0.4, -0.2) is 38.4 Å². The van der Waals surface area contributed by atoms with Gasteiger partial charge in [-0.1, -0.05) is 41.5 Å². The van der Waals surface area contributed by atoms with Crippen LogP contribution in [-0.2, 0) is 15.6 Å². The minimum atomic E-state index is -1.05. The van der Waals surface area contributed by atoms with Gasteiger partial charge in [-0.25, -0.2) is 9.59 Å². The van der Waals surface area contributed by atoms with Crippen molar-refractivity contribution >= 4 is 11.9 Å². The van der Waals surface area contributed by atoms with Gasteiger partial charge in [0.15, 0.2) is 0 Å². The molecule has 2 aromatic rings. The number of carbonyl (C=O) groups excluding carboxylic acids is 1. The Morgan fingerprint density at radius 1 is 0.743 bits per heavy atom. The lowest BCUT2D eigenvalue weighted by Crippen LogP contribution is -2.15. The first-order valence-electron chi connectivity index (χ1n) is 10.7. The molecule has 0 aromatic heterocycles. The van der Waals surface area contributed by atoms with E-state index in [1.807, 2.05) is 53.7 Å². The first-order chi connectivity index (χ1) is 16.2. The van der Waals surface area contributed by atoms with Gasteiger partial charge in [0.1, 0.15) is 23.6 Å². The van der Waals surface area contributed by atoms with Crippen molar-refractivity contribution in [3.63, 3.8) is 0 Å². The molecule has 2 aromatic carbocycles. The fourth-order valence-corrected chi connectivity index (χ4v) is 3.34. The Labute approximate surface area is 206 Å². The number of hydrogen-bond donors (Lipinski definition) is 1. The maximum absolute atomic E-state index is 11.6. The zero-order chi connectivity index (χ0) is 27.1. The molecule has 186 valence electrons. The molecule has 0 amide bonds. The zero-order valence-corrected chi connectivity index (χ0v) is 21.7. The van der Waals surface area contributed by atoms with Crippen LogP contribution in [0.15, 0.2) is 24.3 Å². The average Bonchev–Trinajstić information content (AvgIpc) is 2.80. The number of rotatable bonds is 4. The summed E-state index contributed by atoms with van der Waals surface area (Å²) < 4.78 is 15.2. The van der Waals surface area contributed by atoms with Crippen LogP contribution in [0.2, 0.25) is 0 Å². The number of benzene rings is 2. The summed E-state index contributed by atoms with van der Waals surface area (Å²) in [5.74, 6) is -0.544. The molecule has 0 aliphatic rings. The molecule has 8 heteroatoms. The highest BCUT2D eigenvalue weighted by Gasteiger charge is 2.25. The van der Waals surface area contributed by atoms with E-state index in [0.29, 0.717) is 22.6 Å². The summed E-state index contributed by atoms with van der Waals surface area (Å²) in [6.45, 7) is 11.8. The standard InChI is InChI=1S/C14H17NO3.C13H15NO3/c1-14(2,3)11-7-9(13(16)18-5)6-10(8-15)12(11)17-4;1-13(2,3)10-6-8(12(15)16)5-9(7-14)11(10)17-4/h6-7H,1-5H3;5-6H,1-4H3,(H,15,16). The summed E-state index contributed by atoms with van der Waals surface area (Å²) in [7, 11) is 4.31. The highest BCUT2D eigenvalue weighted by Crippen LogP contribution is 2.36. The van der Waals surface area contributed by atoms with Crippen LogP contribution >= 0.6 is 0 Å². The van der Waals surface area contributed by atoms with Crippen molar-refractivity contribution in [3.8, 4) is 23.6 Å². The van der Waals surface area contributed by atoms with Crippen molar-refractivity contribution in [3.05, 3.63) is 57.6 Å². The third-order valence-corrected chi connectivity index (χ3v) is 5.11. The van der Waals surface area contributed by atoms with Crippen LogP contribution in [0, 0.1) is 22.7 Å². The minimum Gasteiger partial charge on any atom is -0.495 e. The third-order valence-electron chi connectivity index (χ3n) is 5.11. The number of nitrogens with zero attached hydrogens (tertiary/aromatic N) is 2. The fourth-order valence-electron chi connectivity index (χ4n) is 3.34. The molecule has 0 saturated carbocycles. The number of ether oxygens (including phenoxy) is 3. The van der Waals surface area contributed by atoms with Gasteiger partial charge < -0.3 is 19.3 Å². The summed E-state index contributed by atoms with van der Waals surface area (Å²) in [6.07, 6.45) is 0. The second kappa shape index (κ2) is 11.4. The number of hydrogen-bond acceptors (Lipinski definition) is 7. The smallest absolute Gasteiger partial charge is 0.337 e. The zero-order valence-electron chi connectivity index (χ0n) is 21.7. The molecule has 8 nitrogen and oxygen atoms in total. The quantitative estimate of drug-likeness (QED) is 0.590. The molecule has 0 unspecified atom stereocenters. The summed E-state index contributed by atoms with van der Waals surface area (Å²) in [4.78, 5) is 22.6. The fraction of sp³-hybridized carbons (Fsp3) is 0.407. The first kappa shape index (κ1) is 29.0. The molecule has 0 radical (unpaired) electrons. The molecule has 2 rings (SSSR count). The number of carboxylic acid groups (broad SMARTS) is 1. The average molecular weight is 481 g/mol. The second-order valence-electron chi connectivity index (χ2n) is 9.73. The van der Waals surface area contributed by atoms with E-state index < -0.39 is 11.9 Å². The van der Waals surface area contributed by atoms with Crippen LogP contribution in [0.3, 0.4) is 0 Å². The van der Waals surface area contributed by atoms with Crippen LogP contribution in [0.1, 0.15) is 84.5 Å². The highest BCUT2D eigenvalue weighted by atomic mass is 16.5. The normalized spacial score (nSPS) is 10.7. The van der Waals surface area contributed by atoms with Gasteiger partial charge in [0.25, 0.3) is 0 Å². The molecule has 0 fully saturated rings. The Kier molecular flexibility index (Phi) is 9.44. The van der Waals surface area contributed by atoms with Gasteiger partial charge in [-0.15, -0.1) is 0 Å². The lowest BCUT2D eigenvalue weighted by molar-refractivity contribution is 0.0599. The molecule has 35 heavy (non-hydrogen) atoms. The third kappa shape index (κ3) is 6.97. The molecule has 1 N–H and O–H groups in total. The van der Waals surface area contributed by atoms with Gasteiger partial charge in [-0.05, 0) is 35.1 Å². The minimum absolute atomic E-state index is 0.104. The molecule has 0 atom stereocenters. The van der Waals surface area contributed by atoms with E-state index >= 15 is 0 Å². The van der Waals surface area contributed by atoms with Crippen molar-refractivity contribution < 1.29 is 28.9 Å². The van der Waals surface area contributed by atoms with Gasteiger partial charge in [0.2, 0.25) is 0 Å². The van der Waals surface area contributed by atoms with E-state index in [0.717, 1.165) is 11.1 Å². The van der Waals surface area contributed by atoms with Gasteiger partial charge in [-0.3, -0.25) is 0 Å². The van der Waals surface area contributed by atoms with Gasteiger partial charge >= 0.3 is 11.9 Å². The monoisotopic (exact) mass is 480 g/mol. The predicted octanol–water partition coefficient (Wildman–Crippen LogP) is 5.21. The van der Waals surface area contributed by atoms with Crippen LogP contribution in [0.25, 0.3) is 0 Å². The summed E-state index contributed by atoms with van der Waals surface area (Å²) in [6, 6.07) is 10.1. The molecule has 0 aliphatic carbocycles. The van der Waals surface area contributed by atoms with Gasteiger partial charge in [0, 0.05) is 11.1 Å². The Hall–Kier alpha value is -4.04. The lowest BCUT2D eigenvalue weighted by atomic mass is 9.84. The van der Waals surface area contributed by atoms with Crippen LogP contribution in [0.5, 0.6) is 11.5 Å². The van der Waals surface area contributed by atoms with E-state index in [1.54, 1.807) is 12.1 Å². The number of aromatic carboxylic acids is 1. The number of methoxy groups -OCH3 is 3. The van der Waals surface area contributed by atoms with Crippen molar-refractivity contribution in [2.45, 2.75) is 52.4 Å².